The number of nitrogens with two attached hydrogens (primary N) is 1. The standard InChI is InChI=1S/C18H21NO2/c1-10-6-7-14-13(11(2)19)8-9-16(21)18(14)17-12(10)4-3-5-15(17)20/h3-5,8-11,20-21H,6-7,19H2,1-2H3. The Labute approximate surface area is 125 Å². The van der Waals surface area contributed by atoms with E-state index in [0.29, 0.717) is 5.92 Å². The van der Waals surface area contributed by atoms with Crippen LogP contribution in [0, 0.1) is 0 Å². The van der Waals surface area contributed by atoms with Crippen molar-refractivity contribution >= 4 is 0 Å². The Hall–Kier alpha value is -2.00. The molecule has 0 aliphatic heterocycles. The lowest BCUT2D eigenvalue weighted by atomic mass is 9.89. The van der Waals surface area contributed by atoms with Crippen LogP contribution in [0.25, 0.3) is 11.1 Å². The van der Waals surface area contributed by atoms with Gasteiger partial charge in [0.05, 0.1) is 0 Å². The van der Waals surface area contributed by atoms with Gasteiger partial charge >= 0.3 is 0 Å². The molecule has 0 radical (unpaired) electrons. The first-order chi connectivity index (χ1) is 10.0. The Morgan fingerprint density at radius 2 is 1.81 bits per heavy atom. The van der Waals surface area contributed by atoms with Crippen LogP contribution in [0.15, 0.2) is 30.3 Å². The van der Waals surface area contributed by atoms with Gasteiger partial charge in [0.15, 0.2) is 0 Å². The summed E-state index contributed by atoms with van der Waals surface area (Å²) in [6.07, 6.45) is 1.84. The Morgan fingerprint density at radius 1 is 1.10 bits per heavy atom. The largest absolute Gasteiger partial charge is 0.507 e. The van der Waals surface area contributed by atoms with Crippen molar-refractivity contribution in [2.75, 3.05) is 0 Å². The molecule has 2 aromatic carbocycles. The summed E-state index contributed by atoms with van der Waals surface area (Å²) in [5.41, 5.74) is 10.8. The third kappa shape index (κ3) is 2.18. The van der Waals surface area contributed by atoms with Gasteiger partial charge in [-0.25, -0.2) is 0 Å². The molecule has 2 aromatic rings. The first-order valence-electron chi connectivity index (χ1n) is 7.43. The molecule has 3 heteroatoms. The molecule has 2 atom stereocenters. The van der Waals surface area contributed by atoms with Crippen molar-refractivity contribution in [1.29, 1.82) is 0 Å². The van der Waals surface area contributed by atoms with E-state index in [2.05, 4.69) is 6.92 Å². The van der Waals surface area contributed by atoms with Crippen LogP contribution >= 0.6 is 0 Å². The SMILES string of the molecule is CC(N)c1ccc(O)c2c1CCC(C)c1cccc(O)c1-2. The van der Waals surface area contributed by atoms with E-state index < -0.39 is 0 Å². The van der Waals surface area contributed by atoms with Crippen LogP contribution in [0.5, 0.6) is 11.5 Å². The van der Waals surface area contributed by atoms with Crippen molar-refractivity contribution in [3.8, 4) is 22.6 Å². The van der Waals surface area contributed by atoms with Gasteiger partial charge in [-0.2, -0.15) is 0 Å². The Bertz CT molecular complexity index is 692. The fourth-order valence-electron chi connectivity index (χ4n) is 3.38. The summed E-state index contributed by atoms with van der Waals surface area (Å²) in [7, 11) is 0. The summed E-state index contributed by atoms with van der Waals surface area (Å²) in [5, 5.41) is 20.8. The van der Waals surface area contributed by atoms with Crippen molar-refractivity contribution in [1.82, 2.24) is 0 Å². The molecular formula is C18H21NO2. The van der Waals surface area contributed by atoms with Gasteiger partial charge < -0.3 is 15.9 Å². The van der Waals surface area contributed by atoms with Crippen LogP contribution in [0.2, 0.25) is 0 Å². The number of rotatable bonds is 1. The highest BCUT2D eigenvalue weighted by Gasteiger charge is 2.26. The van der Waals surface area contributed by atoms with Gasteiger partial charge in [0.25, 0.3) is 0 Å². The van der Waals surface area contributed by atoms with E-state index in [9.17, 15) is 10.2 Å². The number of hydrogen-bond acceptors (Lipinski definition) is 3. The molecule has 0 aromatic heterocycles. The molecule has 1 aliphatic carbocycles. The lowest BCUT2D eigenvalue weighted by Crippen LogP contribution is -2.09. The molecule has 1 aliphatic rings. The first-order valence-corrected chi connectivity index (χ1v) is 7.43. The minimum absolute atomic E-state index is 0.0953. The Balaban J connectivity index is 2.39. The molecule has 0 bridgehead atoms. The molecule has 0 heterocycles. The summed E-state index contributed by atoms with van der Waals surface area (Å²) in [5.74, 6) is 0.769. The van der Waals surface area contributed by atoms with Crippen LogP contribution in [0.1, 0.15) is 48.9 Å². The average Bonchev–Trinajstić information content (AvgIpc) is 2.59. The number of phenols is 2. The molecule has 0 saturated carbocycles. The second kappa shape index (κ2) is 5.08. The van der Waals surface area contributed by atoms with Crippen molar-refractivity contribution in [3.05, 3.63) is 47.0 Å². The second-order valence-electron chi connectivity index (χ2n) is 6.00. The molecule has 0 fully saturated rings. The van der Waals surface area contributed by atoms with Crippen LogP contribution in [0.3, 0.4) is 0 Å². The molecule has 4 N–H and O–H groups in total. The van der Waals surface area contributed by atoms with E-state index >= 15 is 0 Å². The number of fused-ring (bicyclic) bond motifs is 3. The van der Waals surface area contributed by atoms with Crippen LogP contribution < -0.4 is 5.73 Å². The maximum atomic E-state index is 10.4. The van der Waals surface area contributed by atoms with Crippen molar-refractivity contribution < 1.29 is 10.2 Å². The molecule has 3 rings (SSSR count). The van der Waals surface area contributed by atoms with Gasteiger partial charge in [0.2, 0.25) is 0 Å². The van der Waals surface area contributed by atoms with Crippen molar-refractivity contribution in [2.24, 2.45) is 5.73 Å². The van der Waals surface area contributed by atoms with E-state index in [1.165, 1.54) is 0 Å². The maximum Gasteiger partial charge on any atom is 0.123 e. The zero-order valence-electron chi connectivity index (χ0n) is 12.4. The van der Waals surface area contributed by atoms with Gasteiger partial charge in [-0.3, -0.25) is 0 Å². The first kappa shape index (κ1) is 14.0. The summed E-state index contributed by atoms with van der Waals surface area (Å²) in [6.45, 7) is 4.11. The lowest BCUT2D eigenvalue weighted by Gasteiger charge is -2.18. The van der Waals surface area contributed by atoms with Gasteiger partial charge in [-0.05, 0) is 54.5 Å². The zero-order valence-corrected chi connectivity index (χ0v) is 12.4. The van der Waals surface area contributed by atoms with Crippen molar-refractivity contribution in [3.63, 3.8) is 0 Å². The molecule has 110 valence electrons. The minimum atomic E-state index is -0.0953. The third-order valence-electron chi connectivity index (χ3n) is 4.50. The van der Waals surface area contributed by atoms with Gasteiger partial charge in [-0.15, -0.1) is 0 Å². The van der Waals surface area contributed by atoms with E-state index in [0.717, 1.165) is 40.7 Å². The normalized spacial score (nSPS) is 18.5. The monoisotopic (exact) mass is 283 g/mol. The van der Waals surface area contributed by atoms with Gasteiger partial charge in [-0.1, -0.05) is 25.1 Å². The summed E-state index contributed by atoms with van der Waals surface area (Å²) >= 11 is 0. The highest BCUT2D eigenvalue weighted by molar-refractivity contribution is 5.83. The molecule has 0 saturated heterocycles. The van der Waals surface area contributed by atoms with Crippen molar-refractivity contribution in [2.45, 2.75) is 38.6 Å². The number of phenolic OH excluding ortho intramolecular Hbond substituents is 2. The highest BCUT2D eigenvalue weighted by Crippen LogP contribution is 2.47. The predicted molar refractivity (Wildman–Crippen MR) is 84.5 cm³/mol. The Morgan fingerprint density at radius 3 is 2.52 bits per heavy atom. The third-order valence-corrected chi connectivity index (χ3v) is 4.50. The van der Waals surface area contributed by atoms with Crippen LogP contribution in [-0.2, 0) is 6.42 Å². The predicted octanol–water partition coefficient (Wildman–Crippen LogP) is 3.83. The smallest absolute Gasteiger partial charge is 0.123 e. The minimum Gasteiger partial charge on any atom is -0.507 e. The average molecular weight is 283 g/mol. The molecule has 0 amide bonds. The van der Waals surface area contributed by atoms with E-state index in [-0.39, 0.29) is 17.5 Å². The van der Waals surface area contributed by atoms with E-state index in [1.807, 2.05) is 25.1 Å². The Kier molecular flexibility index (Phi) is 3.38. The van der Waals surface area contributed by atoms with Gasteiger partial charge in [0, 0.05) is 17.2 Å². The zero-order chi connectivity index (χ0) is 15.1. The fourth-order valence-corrected chi connectivity index (χ4v) is 3.38. The number of hydrogen-bond donors (Lipinski definition) is 3. The van der Waals surface area contributed by atoms with E-state index in [4.69, 9.17) is 5.73 Å². The quantitative estimate of drug-likeness (QED) is 0.745. The summed E-state index contributed by atoms with van der Waals surface area (Å²) in [4.78, 5) is 0. The number of benzene rings is 2. The van der Waals surface area contributed by atoms with Gasteiger partial charge in [0.1, 0.15) is 11.5 Å². The number of aromatic hydroxyl groups is 2. The fraction of sp³-hybridized carbons (Fsp3) is 0.333. The van der Waals surface area contributed by atoms with E-state index in [1.54, 1.807) is 12.1 Å². The van der Waals surface area contributed by atoms with Crippen LogP contribution in [0.4, 0.5) is 0 Å². The molecule has 2 unspecified atom stereocenters. The molecule has 3 nitrogen and oxygen atoms in total. The maximum absolute atomic E-state index is 10.4. The second-order valence-corrected chi connectivity index (χ2v) is 6.00. The summed E-state index contributed by atoms with van der Waals surface area (Å²) < 4.78 is 0. The van der Waals surface area contributed by atoms with Crippen LogP contribution in [-0.4, -0.2) is 10.2 Å². The summed E-state index contributed by atoms with van der Waals surface area (Å²) in [6, 6.07) is 9.06. The highest BCUT2D eigenvalue weighted by atomic mass is 16.3. The lowest BCUT2D eigenvalue weighted by molar-refractivity contribution is 0.468. The topological polar surface area (TPSA) is 66.5 Å². The molecule has 21 heavy (non-hydrogen) atoms. The molecule has 0 spiro atoms. The molecular weight excluding hydrogens is 262 g/mol.